The Balaban J connectivity index is 2.20. The van der Waals surface area contributed by atoms with Crippen LogP contribution in [0.3, 0.4) is 0 Å². The molecule has 0 aliphatic carbocycles. The first-order valence-corrected chi connectivity index (χ1v) is 5.10. The fourth-order valence-electron chi connectivity index (χ4n) is 1.50. The van der Waals surface area contributed by atoms with Crippen molar-refractivity contribution in [1.29, 1.82) is 0 Å². The minimum Gasteiger partial charge on any atom is -0.331 e. The summed E-state index contributed by atoms with van der Waals surface area (Å²) in [5.41, 5.74) is 2.38. The van der Waals surface area contributed by atoms with Gasteiger partial charge in [-0.2, -0.15) is 0 Å². The maximum absolute atomic E-state index is 3.70. The molecule has 0 unspecified atom stereocenters. The molecule has 0 atom stereocenters. The van der Waals surface area contributed by atoms with Crippen molar-refractivity contribution in [3.05, 3.63) is 85.8 Å². The van der Waals surface area contributed by atoms with Crippen LogP contribution in [0.1, 0.15) is 0 Å². The third kappa shape index (κ3) is 2.06. The number of allylic oxidation sites excluding steroid dienone is 6. The summed E-state index contributed by atoms with van der Waals surface area (Å²) in [6.45, 7) is 7.41. The highest BCUT2D eigenvalue weighted by Gasteiger charge is 2.03. The Kier molecular flexibility index (Phi) is 2.92. The highest BCUT2D eigenvalue weighted by atomic mass is 15.1. The van der Waals surface area contributed by atoms with E-state index in [0.717, 1.165) is 0 Å². The molecule has 2 nitrogen and oxygen atoms in total. The predicted molar refractivity (Wildman–Crippen MR) is 67.7 cm³/mol. The Bertz CT molecular complexity index is 373. The van der Waals surface area contributed by atoms with E-state index in [4.69, 9.17) is 0 Å². The molecule has 0 N–H and O–H groups in total. The molecule has 0 aromatic rings. The van der Waals surface area contributed by atoms with E-state index in [-0.39, 0.29) is 0 Å². The minimum absolute atomic E-state index is 1.19. The maximum Gasteiger partial charge on any atom is 0.00878 e. The minimum atomic E-state index is 1.19. The summed E-state index contributed by atoms with van der Waals surface area (Å²) >= 11 is 0. The van der Waals surface area contributed by atoms with E-state index in [1.54, 1.807) is 12.4 Å². The van der Waals surface area contributed by atoms with E-state index in [2.05, 4.69) is 37.5 Å². The summed E-state index contributed by atoms with van der Waals surface area (Å²) < 4.78 is 0. The molecule has 0 bridgehead atoms. The molecule has 0 aromatic carbocycles. The summed E-state index contributed by atoms with van der Waals surface area (Å²) in [5, 5.41) is 0. The number of nitrogens with zero attached hydrogens (tertiary/aromatic N) is 2. The van der Waals surface area contributed by atoms with E-state index in [1.807, 2.05) is 34.6 Å². The van der Waals surface area contributed by atoms with Crippen LogP contribution in [0.2, 0.25) is 0 Å². The molecule has 0 fully saturated rings. The van der Waals surface area contributed by atoms with Crippen molar-refractivity contribution in [2.75, 3.05) is 0 Å². The number of hydrogen-bond donors (Lipinski definition) is 0. The van der Waals surface area contributed by atoms with Crippen LogP contribution >= 0.6 is 0 Å². The molecule has 0 spiro atoms. The van der Waals surface area contributed by atoms with Gasteiger partial charge in [0.05, 0.1) is 0 Å². The first-order chi connectivity index (χ1) is 7.83. The fourth-order valence-corrected chi connectivity index (χ4v) is 1.50. The Hall–Kier alpha value is -2.22. The monoisotopic (exact) mass is 210 g/mol. The summed E-state index contributed by atoms with van der Waals surface area (Å²) in [6.07, 6.45) is 19.7. The van der Waals surface area contributed by atoms with Crippen molar-refractivity contribution in [2.45, 2.75) is 0 Å². The summed E-state index contributed by atoms with van der Waals surface area (Å²) in [6, 6.07) is 0. The van der Waals surface area contributed by atoms with Gasteiger partial charge in [0.25, 0.3) is 0 Å². The van der Waals surface area contributed by atoms with Crippen molar-refractivity contribution in [2.24, 2.45) is 0 Å². The zero-order valence-corrected chi connectivity index (χ0v) is 9.08. The lowest BCUT2D eigenvalue weighted by Crippen LogP contribution is -2.05. The SMILES string of the molecule is C=CN1C=CC(=C2C=CN(C=C)C=C2)C=C1. The van der Waals surface area contributed by atoms with Crippen molar-refractivity contribution < 1.29 is 0 Å². The van der Waals surface area contributed by atoms with Gasteiger partial charge in [0.1, 0.15) is 0 Å². The molecular weight excluding hydrogens is 196 g/mol. The molecule has 0 saturated carbocycles. The molecular formula is C14H14N2. The van der Waals surface area contributed by atoms with Gasteiger partial charge in [-0.25, -0.2) is 0 Å². The Morgan fingerprint density at radius 1 is 0.688 bits per heavy atom. The van der Waals surface area contributed by atoms with Gasteiger partial charge in [-0.05, 0) is 35.5 Å². The number of rotatable bonds is 2. The molecule has 2 aliphatic heterocycles. The van der Waals surface area contributed by atoms with E-state index < -0.39 is 0 Å². The molecule has 2 rings (SSSR count). The van der Waals surface area contributed by atoms with Crippen LogP contribution in [-0.4, -0.2) is 9.80 Å². The van der Waals surface area contributed by atoms with E-state index >= 15 is 0 Å². The molecule has 2 heterocycles. The van der Waals surface area contributed by atoms with E-state index in [0.29, 0.717) is 0 Å². The topological polar surface area (TPSA) is 6.48 Å². The van der Waals surface area contributed by atoms with Gasteiger partial charge in [-0.15, -0.1) is 0 Å². The van der Waals surface area contributed by atoms with Gasteiger partial charge in [-0.3, -0.25) is 0 Å². The van der Waals surface area contributed by atoms with Crippen LogP contribution in [0.4, 0.5) is 0 Å². The van der Waals surface area contributed by atoms with E-state index in [9.17, 15) is 0 Å². The van der Waals surface area contributed by atoms with E-state index in [1.165, 1.54) is 11.1 Å². The molecule has 2 heteroatoms. The maximum atomic E-state index is 3.70. The first kappa shape index (κ1) is 10.3. The smallest absolute Gasteiger partial charge is 0.00878 e. The molecule has 0 aromatic heterocycles. The Morgan fingerprint density at radius 3 is 1.25 bits per heavy atom. The quantitative estimate of drug-likeness (QED) is 0.690. The molecule has 0 saturated heterocycles. The number of hydrogen-bond acceptors (Lipinski definition) is 2. The summed E-state index contributed by atoms with van der Waals surface area (Å²) in [5.74, 6) is 0. The zero-order valence-electron chi connectivity index (χ0n) is 9.08. The summed E-state index contributed by atoms with van der Waals surface area (Å²) in [7, 11) is 0. The van der Waals surface area contributed by atoms with Crippen LogP contribution in [-0.2, 0) is 0 Å². The lowest BCUT2D eigenvalue weighted by atomic mass is 10.1. The third-order valence-electron chi connectivity index (χ3n) is 2.46. The second-order valence-corrected chi connectivity index (χ2v) is 3.43. The van der Waals surface area contributed by atoms with Gasteiger partial charge in [0.2, 0.25) is 0 Å². The average molecular weight is 210 g/mol. The van der Waals surface area contributed by atoms with Crippen LogP contribution in [0.25, 0.3) is 0 Å². The van der Waals surface area contributed by atoms with Crippen molar-refractivity contribution in [1.82, 2.24) is 9.80 Å². The highest BCUT2D eigenvalue weighted by Crippen LogP contribution is 2.19. The van der Waals surface area contributed by atoms with Gasteiger partial charge < -0.3 is 9.80 Å². The first-order valence-electron chi connectivity index (χ1n) is 5.10. The second kappa shape index (κ2) is 4.53. The molecule has 16 heavy (non-hydrogen) atoms. The van der Waals surface area contributed by atoms with Crippen LogP contribution in [0.5, 0.6) is 0 Å². The average Bonchev–Trinajstić information content (AvgIpc) is 2.39. The van der Waals surface area contributed by atoms with Crippen LogP contribution in [0, 0.1) is 0 Å². The fraction of sp³-hybridized carbons (Fsp3) is 0. The Morgan fingerprint density at radius 2 is 1.00 bits per heavy atom. The molecule has 2 aliphatic rings. The second-order valence-electron chi connectivity index (χ2n) is 3.43. The molecule has 80 valence electrons. The van der Waals surface area contributed by atoms with Gasteiger partial charge >= 0.3 is 0 Å². The van der Waals surface area contributed by atoms with Gasteiger partial charge in [0, 0.05) is 37.2 Å². The lowest BCUT2D eigenvalue weighted by molar-refractivity contribution is 0.683. The standard InChI is InChI=1S/C14H14N2/c1-3-15-9-5-13(6-10-15)14-7-11-16(4-2)12-8-14/h3-12H,1-2H2. The van der Waals surface area contributed by atoms with Crippen molar-refractivity contribution >= 4 is 0 Å². The van der Waals surface area contributed by atoms with Gasteiger partial charge in [-0.1, -0.05) is 13.2 Å². The normalized spacial score (nSPS) is 18.2. The largest absolute Gasteiger partial charge is 0.331 e. The third-order valence-corrected chi connectivity index (χ3v) is 2.46. The summed E-state index contributed by atoms with van der Waals surface area (Å²) in [4.78, 5) is 3.83. The zero-order chi connectivity index (χ0) is 11.4. The Labute approximate surface area is 96.2 Å². The lowest BCUT2D eigenvalue weighted by Gasteiger charge is -2.17. The molecule has 0 radical (unpaired) electrons. The molecule has 0 amide bonds. The van der Waals surface area contributed by atoms with Crippen molar-refractivity contribution in [3.63, 3.8) is 0 Å². The van der Waals surface area contributed by atoms with Gasteiger partial charge in [0.15, 0.2) is 0 Å². The predicted octanol–water partition coefficient (Wildman–Crippen LogP) is 3.26. The highest BCUT2D eigenvalue weighted by molar-refractivity contribution is 5.49. The van der Waals surface area contributed by atoms with Crippen molar-refractivity contribution in [3.8, 4) is 0 Å². The van der Waals surface area contributed by atoms with Crippen LogP contribution < -0.4 is 0 Å². The van der Waals surface area contributed by atoms with Crippen LogP contribution in [0.15, 0.2) is 85.8 Å².